The molecule has 0 radical (unpaired) electrons. The summed E-state index contributed by atoms with van der Waals surface area (Å²) < 4.78 is 0. The Balaban J connectivity index is 2.35. The topological polar surface area (TPSA) is 51.8 Å². The number of rotatable bonds is 1. The fourth-order valence-electron chi connectivity index (χ4n) is 1.97. The second-order valence-corrected chi connectivity index (χ2v) is 3.84. The number of anilines is 1. The zero-order chi connectivity index (χ0) is 11.7. The van der Waals surface area contributed by atoms with Gasteiger partial charge in [0.2, 0.25) is 0 Å². The Morgan fingerprint density at radius 2 is 1.76 bits per heavy atom. The SMILES string of the molecule is Nc1cnccc1-c1cccc2cccnc12. The van der Waals surface area contributed by atoms with Crippen molar-refractivity contribution in [1.82, 2.24) is 9.97 Å². The summed E-state index contributed by atoms with van der Waals surface area (Å²) in [5, 5.41) is 1.11. The molecule has 0 atom stereocenters. The highest BCUT2D eigenvalue weighted by molar-refractivity contribution is 5.96. The number of pyridine rings is 2. The maximum atomic E-state index is 5.95. The zero-order valence-electron chi connectivity index (χ0n) is 9.17. The first kappa shape index (κ1) is 9.78. The fraction of sp³-hybridized carbons (Fsp3) is 0. The van der Waals surface area contributed by atoms with Gasteiger partial charge in [-0.15, -0.1) is 0 Å². The van der Waals surface area contributed by atoms with Gasteiger partial charge in [-0.1, -0.05) is 24.3 Å². The normalized spacial score (nSPS) is 10.6. The maximum Gasteiger partial charge on any atom is 0.0781 e. The van der Waals surface area contributed by atoms with Crippen molar-refractivity contribution in [2.75, 3.05) is 5.73 Å². The summed E-state index contributed by atoms with van der Waals surface area (Å²) in [7, 11) is 0. The van der Waals surface area contributed by atoms with Crippen LogP contribution in [0.25, 0.3) is 22.0 Å². The monoisotopic (exact) mass is 221 g/mol. The molecular weight excluding hydrogens is 210 g/mol. The number of hydrogen-bond acceptors (Lipinski definition) is 3. The molecule has 0 aliphatic heterocycles. The third kappa shape index (κ3) is 1.61. The molecule has 0 amide bonds. The van der Waals surface area contributed by atoms with Gasteiger partial charge in [0.25, 0.3) is 0 Å². The molecule has 0 bridgehead atoms. The molecule has 0 saturated heterocycles. The van der Waals surface area contributed by atoms with Crippen LogP contribution in [0, 0.1) is 0 Å². The molecule has 0 fully saturated rings. The molecule has 2 aromatic heterocycles. The van der Waals surface area contributed by atoms with Crippen molar-refractivity contribution in [1.29, 1.82) is 0 Å². The second-order valence-electron chi connectivity index (χ2n) is 3.84. The summed E-state index contributed by atoms with van der Waals surface area (Å²) in [6.07, 6.45) is 5.20. The van der Waals surface area contributed by atoms with Crippen molar-refractivity contribution in [3.05, 3.63) is 55.0 Å². The predicted molar refractivity (Wildman–Crippen MR) is 69.4 cm³/mol. The van der Waals surface area contributed by atoms with Crippen LogP contribution in [-0.2, 0) is 0 Å². The van der Waals surface area contributed by atoms with Crippen LogP contribution in [0.3, 0.4) is 0 Å². The van der Waals surface area contributed by atoms with Gasteiger partial charge in [0, 0.05) is 28.9 Å². The van der Waals surface area contributed by atoms with E-state index in [0.717, 1.165) is 22.0 Å². The minimum absolute atomic E-state index is 0.672. The highest BCUT2D eigenvalue weighted by Gasteiger charge is 2.06. The van der Waals surface area contributed by atoms with Crippen molar-refractivity contribution < 1.29 is 0 Å². The van der Waals surface area contributed by atoms with Crippen molar-refractivity contribution in [2.45, 2.75) is 0 Å². The molecule has 0 spiro atoms. The smallest absolute Gasteiger partial charge is 0.0781 e. The van der Waals surface area contributed by atoms with E-state index >= 15 is 0 Å². The molecule has 0 unspecified atom stereocenters. The largest absolute Gasteiger partial charge is 0.397 e. The molecule has 2 heterocycles. The molecule has 0 aliphatic rings. The average Bonchev–Trinajstić information content (AvgIpc) is 2.39. The maximum absolute atomic E-state index is 5.95. The van der Waals surface area contributed by atoms with Crippen molar-refractivity contribution >= 4 is 16.6 Å². The molecule has 0 saturated carbocycles. The Bertz CT molecular complexity index is 672. The third-order valence-electron chi connectivity index (χ3n) is 2.77. The van der Waals surface area contributed by atoms with E-state index < -0.39 is 0 Å². The Hall–Kier alpha value is -2.42. The molecule has 3 aromatic rings. The summed E-state index contributed by atoms with van der Waals surface area (Å²) in [6, 6.07) is 12.0. The van der Waals surface area contributed by atoms with E-state index in [4.69, 9.17) is 5.73 Å². The van der Waals surface area contributed by atoms with Gasteiger partial charge in [0.15, 0.2) is 0 Å². The number of fused-ring (bicyclic) bond motifs is 1. The van der Waals surface area contributed by atoms with Crippen molar-refractivity contribution in [3.63, 3.8) is 0 Å². The number of nitrogens with zero attached hydrogens (tertiary/aromatic N) is 2. The van der Waals surface area contributed by atoms with Gasteiger partial charge in [0.1, 0.15) is 0 Å². The summed E-state index contributed by atoms with van der Waals surface area (Å²) >= 11 is 0. The Morgan fingerprint density at radius 1 is 0.882 bits per heavy atom. The second kappa shape index (κ2) is 3.87. The van der Waals surface area contributed by atoms with Crippen LogP contribution in [0.5, 0.6) is 0 Å². The van der Waals surface area contributed by atoms with Gasteiger partial charge in [-0.3, -0.25) is 9.97 Å². The van der Waals surface area contributed by atoms with E-state index in [9.17, 15) is 0 Å². The third-order valence-corrected chi connectivity index (χ3v) is 2.77. The highest BCUT2D eigenvalue weighted by atomic mass is 14.7. The van der Waals surface area contributed by atoms with Crippen LogP contribution in [0.4, 0.5) is 5.69 Å². The fourth-order valence-corrected chi connectivity index (χ4v) is 1.97. The number of nitrogen functional groups attached to an aromatic ring is 1. The van der Waals surface area contributed by atoms with Gasteiger partial charge in [0.05, 0.1) is 17.4 Å². The minimum atomic E-state index is 0.672. The molecule has 3 nitrogen and oxygen atoms in total. The van der Waals surface area contributed by atoms with E-state index in [2.05, 4.69) is 9.97 Å². The van der Waals surface area contributed by atoms with Gasteiger partial charge < -0.3 is 5.73 Å². The van der Waals surface area contributed by atoms with Crippen LogP contribution in [0.15, 0.2) is 55.0 Å². The molecular formula is C14H11N3. The summed E-state index contributed by atoms with van der Waals surface area (Å²) in [5.41, 5.74) is 9.61. The molecule has 1 aromatic carbocycles. The molecule has 0 aliphatic carbocycles. The van der Waals surface area contributed by atoms with Crippen molar-refractivity contribution in [3.8, 4) is 11.1 Å². The van der Waals surface area contributed by atoms with E-state index in [1.807, 2.05) is 36.4 Å². The van der Waals surface area contributed by atoms with Crippen LogP contribution < -0.4 is 5.73 Å². The van der Waals surface area contributed by atoms with Gasteiger partial charge in [-0.05, 0) is 12.1 Å². The number of benzene rings is 1. The van der Waals surface area contributed by atoms with Gasteiger partial charge >= 0.3 is 0 Å². The summed E-state index contributed by atoms with van der Waals surface area (Å²) in [6.45, 7) is 0. The Morgan fingerprint density at radius 3 is 2.65 bits per heavy atom. The zero-order valence-corrected chi connectivity index (χ0v) is 9.17. The molecule has 82 valence electrons. The standard InChI is InChI=1S/C14H11N3/c15-13-9-16-8-6-11(13)12-5-1-3-10-4-2-7-17-14(10)12/h1-9H,15H2. The number of para-hydroxylation sites is 1. The quantitative estimate of drug-likeness (QED) is 0.687. The molecule has 2 N–H and O–H groups in total. The number of nitrogens with two attached hydrogens (primary N) is 1. The van der Waals surface area contributed by atoms with E-state index in [0.29, 0.717) is 5.69 Å². The van der Waals surface area contributed by atoms with Crippen LogP contribution >= 0.6 is 0 Å². The average molecular weight is 221 g/mol. The minimum Gasteiger partial charge on any atom is -0.397 e. The summed E-state index contributed by atoms with van der Waals surface area (Å²) in [5.74, 6) is 0. The first-order valence-electron chi connectivity index (χ1n) is 5.40. The van der Waals surface area contributed by atoms with Gasteiger partial charge in [-0.2, -0.15) is 0 Å². The number of hydrogen-bond donors (Lipinski definition) is 1. The lowest BCUT2D eigenvalue weighted by atomic mass is 10.0. The molecule has 17 heavy (non-hydrogen) atoms. The van der Waals surface area contributed by atoms with Crippen LogP contribution in [0.2, 0.25) is 0 Å². The first-order chi connectivity index (χ1) is 8.36. The summed E-state index contributed by atoms with van der Waals surface area (Å²) in [4.78, 5) is 8.43. The van der Waals surface area contributed by atoms with E-state index in [1.165, 1.54) is 0 Å². The van der Waals surface area contributed by atoms with Crippen molar-refractivity contribution in [2.24, 2.45) is 0 Å². The van der Waals surface area contributed by atoms with Gasteiger partial charge in [-0.25, -0.2) is 0 Å². The first-order valence-corrected chi connectivity index (χ1v) is 5.40. The van der Waals surface area contributed by atoms with Crippen LogP contribution in [-0.4, -0.2) is 9.97 Å². The predicted octanol–water partition coefficient (Wildman–Crippen LogP) is 2.88. The lowest BCUT2D eigenvalue weighted by Gasteiger charge is -2.07. The highest BCUT2D eigenvalue weighted by Crippen LogP contribution is 2.30. The lowest BCUT2D eigenvalue weighted by molar-refractivity contribution is 1.33. The Kier molecular flexibility index (Phi) is 2.22. The molecule has 3 heteroatoms. The van der Waals surface area contributed by atoms with Crippen LogP contribution in [0.1, 0.15) is 0 Å². The Labute approximate surface area is 98.9 Å². The lowest BCUT2D eigenvalue weighted by Crippen LogP contribution is -1.92. The number of aromatic nitrogens is 2. The molecule has 3 rings (SSSR count). The van der Waals surface area contributed by atoms with E-state index in [1.54, 1.807) is 18.6 Å². The van der Waals surface area contributed by atoms with E-state index in [-0.39, 0.29) is 0 Å².